The molecule has 6 aliphatic rings. The minimum Gasteiger partial charge on any atom is -0.488 e. The van der Waals surface area contributed by atoms with Crippen LogP contribution in [0.1, 0.15) is 229 Å². The Balaban J connectivity index is 1.19. The molecule has 0 saturated carbocycles. The van der Waals surface area contributed by atoms with Crippen LogP contribution in [0.4, 0.5) is 17.1 Å². The third-order valence-corrected chi connectivity index (χ3v) is 19.8. The van der Waals surface area contributed by atoms with Crippen LogP contribution in [0, 0.1) is 28.6 Å². The first-order valence-corrected chi connectivity index (χ1v) is 28.0. The quantitative estimate of drug-likeness (QED) is 0.199. The number of benzene rings is 3. The van der Waals surface area contributed by atoms with Crippen molar-refractivity contribution in [3.8, 4) is 5.75 Å². The fourth-order valence-corrected chi connectivity index (χ4v) is 14.4. The van der Waals surface area contributed by atoms with Crippen LogP contribution in [0.15, 0.2) is 99.9 Å². The minimum atomic E-state index is 0.0876. The summed E-state index contributed by atoms with van der Waals surface area (Å²) in [5, 5.41) is 0. The Morgan fingerprint density at radius 2 is 1.03 bits per heavy atom. The lowest BCUT2D eigenvalue weighted by Gasteiger charge is -2.46. The second kappa shape index (κ2) is 17.2. The predicted molar refractivity (Wildman–Crippen MR) is 307 cm³/mol. The zero-order valence-corrected chi connectivity index (χ0v) is 48.6. The average molecular weight is 956 g/mol. The van der Waals surface area contributed by atoms with Crippen molar-refractivity contribution in [2.75, 3.05) is 23.0 Å². The van der Waals surface area contributed by atoms with Gasteiger partial charge in [0.2, 0.25) is 0 Å². The van der Waals surface area contributed by atoms with Crippen molar-refractivity contribution in [3.63, 3.8) is 0 Å². The second-order valence-corrected chi connectivity index (χ2v) is 28.8. The first-order valence-electron chi connectivity index (χ1n) is 28.0. The summed E-state index contributed by atoms with van der Waals surface area (Å²) in [5.74, 6) is 1.06. The van der Waals surface area contributed by atoms with Crippen molar-refractivity contribution >= 4 is 22.6 Å². The number of hydrogen-bond donors (Lipinski definition) is 0. The zero-order chi connectivity index (χ0) is 51.8. The van der Waals surface area contributed by atoms with Crippen molar-refractivity contribution in [1.82, 2.24) is 0 Å². The van der Waals surface area contributed by atoms with E-state index >= 15 is 0 Å². The lowest BCUT2D eigenvalue weighted by Crippen LogP contribution is -2.36. The van der Waals surface area contributed by atoms with Gasteiger partial charge in [-0.1, -0.05) is 147 Å². The molecule has 0 aromatic heterocycles. The fraction of sp³-hybridized carbons (Fsp3) is 0.588. The van der Waals surface area contributed by atoms with E-state index in [0.717, 1.165) is 25.1 Å². The third kappa shape index (κ3) is 8.75. The lowest BCUT2D eigenvalue weighted by atomic mass is 9.61. The van der Waals surface area contributed by atoms with E-state index in [2.05, 4.69) is 209 Å². The Hall–Kier alpha value is -4.24. The first kappa shape index (κ1) is 51.7. The molecule has 0 fully saturated rings. The van der Waals surface area contributed by atoms with Gasteiger partial charge >= 0.3 is 0 Å². The second-order valence-electron chi connectivity index (χ2n) is 28.8. The molecule has 9 rings (SSSR count). The number of hydrogen-bond acceptors (Lipinski definition) is 3. The number of anilines is 3. The van der Waals surface area contributed by atoms with Gasteiger partial charge in [-0.15, -0.1) is 0 Å². The fourth-order valence-electron chi connectivity index (χ4n) is 14.4. The van der Waals surface area contributed by atoms with Crippen LogP contribution in [0.5, 0.6) is 5.75 Å². The van der Waals surface area contributed by atoms with Crippen molar-refractivity contribution in [2.24, 2.45) is 21.7 Å². The van der Waals surface area contributed by atoms with E-state index in [1.54, 1.807) is 11.1 Å². The summed E-state index contributed by atoms with van der Waals surface area (Å²) in [6, 6.07) is 19.9. The van der Waals surface area contributed by atoms with Crippen LogP contribution < -0.4 is 14.5 Å². The SMILES string of the molecule is CC/C(=C\C(C)=C/CN(C1=C(C)CC2=C1C(C)(C)CCC2(C)C)c1ccc2c(c1)C(C)(C)CCC2(C)C)N(c1ccc2c(c1)C(C)(C)CCC2(C)C)c1ccc2c(c1C)OCC1=C2C(C)(C)CCC1(C)C. The van der Waals surface area contributed by atoms with Gasteiger partial charge in [0.15, 0.2) is 0 Å². The van der Waals surface area contributed by atoms with Crippen molar-refractivity contribution in [2.45, 2.75) is 224 Å². The van der Waals surface area contributed by atoms with Crippen molar-refractivity contribution in [3.05, 3.63) is 133 Å². The van der Waals surface area contributed by atoms with E-state index in [-0.39, 0.29) is 43.3 Å². The average Bonchev–Trinajstić information content (AvgIpc) is 3.66. The summed E-state index contributed by atoms with van der Waals surface area (Å²) >= 11 is 0. The number of nitrogens with zero attached hydrogens (tertiary/aromatic N) is 2. The maximum atomic E-state index is 6.98. The molecule has 382 valence electrons. The monoisotopic (exact) mass is 955 g/mol. The van der Waals surface area contributed by atoms with Gasteiger partial charge in [-0.05, 0) is 215 Å². The molecule has 0 saturated heterocycles. The number of rotatable bonds is 9. The van der Waals surface area contributed by atoms with Gasteiger partial charge in [0, 0.05) is 40.4 Å². The molecule has 0 atom stereocenters. The molecule has 3 aromatic carbocycles. The molecule has 1 heterocycles. The number of fused-ring (bicyclic) bond motifs is 4. The Labute approximate surface area is 433 Å². The van der Waals surface area contributed by atoms with Gasteiger partial charge in [-0.3, -0.25) is 0 Å². The first-order chi connectivity index (χ1) is 32.8. The van der Waals surface area contributed by atoms with Crippen LogP contribution in [-0.2, 0) is 21.7 Å². The molecule has 0 N–H and O–H groups in total. The molecule has 0 bridgehead atoms. The van der Waals surface area contributed by atoms with Gasteiger partial charge in [0.25, 0.3) is 0 Å². The summed E-state index contributed by atoms with van der Waals surface area (Å²) in [6.45, 7) is 50.4. The van der Waals surface area contributed by atoms with E-state index in [4.69, 9.17) is 4.74 Å². The van der Waals surface area contributed by atoms with E-state index in [1.165, 1.54) is 135 Å². The zero-order valence-electron chi connectivity index (χ0n) is 48.6. The Bertz CT molecular complexity index is 2830. The number of allylic oxidation sites excluding steroid dienone is 7. The van der Waals surface area contributed by atoms with E-state index in [9.17, 15) is 0 Å². The van der Waals surface area contributed by atoms with Crippen LogP contribution >= 0.6 is 0 Å². The Morgan fingerprint density at radius 3 is 1.59 bits per heavy atom. The molecule has 0 unspecified atom stereocenters. The van der Waals surface area contributed by atoms with Gasteiger partial charge in [-0.25, -0.2) is 0 Å². The molecule has 3 aromatic rings. The third-order valence-electron chi connectivity index (χ3n) is 19.8. The van der Waals surface area contributed by atoms with Gasteiger partial charge < -0.3 is 14.5 Å². The molecule has 1 aliphatic heterocycles. The molecule has 0 spiro atoms. The Morgan fingerprint density at radius 1 is 0.549 bits per heavy atom. The molecule has 3 nitrogen and oxygen atoms in total. The summed E-state index contributed by atoms with van der Waals surface area (Å²) in [6.07, 6.45) is 16.6. The van der Waals surface area contributed by atoms with Gasteiger partial charge in [0.1, 0.15) is 12.4 Å². The van der Waals surface area contributed by atoms with E-state index in [0.29, 0.717) is 6.61 Å². The molecular formula is C68H94N2O. The van der Waals surface area contributed by atoms with Crippen molar-refractivity contribution in [1.29, 1.82) is 0 Å². The summed E-state index contributed by atoms with van der Waals surface area (Å²) in [4.78, 5) is 5.33. The normalized spacial score (nSPS) is 24.1. The molecule has 71 heavy (non-hydrogen) atoms. The van der Waals surface area contributed by atoms with Gasteiger partial charge in [-0.2, -0.15) is 0 Å². The molecule has 0 amide bonds. The van der Waals surface area contributed by atoms with Gasteiger partial charge in [0.05, 0.1) is 5.69 Å². The molecule has 5 aliphatic carbocycles. The lowest BCUT2D eigenvalue weighted by molar-refractivity contribution is 0.236. The largest absolute Gasteiger partial charge is 0.488 e. The van der Waals surface area contributed by atoms with Crippen LogP contribution in [0.25, 0.3) is 5.57 Å². The minimum absolute atomic E-state index is 0.0876. The molecule has 3 heteroatoms. The predicted octanol–water partition coefficient (Wildman–Crippen LogP) is 19.4. The maximum absolute atomic E-state index is 6.98. The summed E-state index contributed by atoms with van der Waals surface area (Å²) in [7, 11) is 0. The number of ether oxygens (including phenoxy) is 1. The highest BCUT2D eigenvalue weighted by molar-refractivity contribution is 5.85. The smallest absolute Gasteiger partial charge is 0.132 e. The molecule has 0 radical (unpaired) electrons. The molecular weight excluding hydrogens is 861 g/mol. The maximum Gasteiger partial charge on any atom is 0.132 e. The van der Waals surface area contributed by atoms with E-state index in [1.807, 2.05) is 0 Å². The summed E-state index contributed by atoms with van der Waals surface area (Å²) < 4.78 is 6.98. The van der Waals surface area contributed by atoms with Crippen molar-refractivity contribution < 1.29 is 4.74 Å². The van der Waals surface area contributed by atoms with Crippen LogP contribution in [0.2, 0.25) is 0 Å². The van der Waals surface area contributed by atoms with Crippen LogP contribution in [0.3, 0.4) is 0 Å². The standard InChI is InChI=1S/C68H94N2O/c1-21-46(38-43(2)28-37-69(47-22-25-50-52(40-47)63(9,10)31-29-61(50,5)6)59-44(3)39-54-58(59)68(19,20)36-33-65(54,13)14)70(48-23-26-51-53(41-48)64(11,12)32-30-62(51,7)8)56-27-24-49-57-55(42-71-60(49)45(56)4)66(15,16)34-35-67(57,17)18/h22-28,38,40-41H,21,29-37,39,42H2,1-20H3/b43-28-,46-38+. The Kier molecular flexibility index (Phi) is 12.5. The van der Waals surface area contributed by atoms with E-state index < -0.39 is 0 Å². The topological polar surface area (TPSA) is 15.7 Å². The summed E-state index contributed by atoms with van der Waals surface area (Å²) in [5.41, 5.74) is 25.2. The highest BCUT2D eigenvalue weighted by Crippen LogP contribution is 2.60. The highest BCUT2D eigenvalue weighted by Gasteiger charge is 2.47. The highest BCUT2D eigenvalue weighted by atomic mass is 16.5. The van der Waals surface area contributed by atoms with Crippen LogP contribution in [-0.4, -0.2) is 13.2 Å².